The van der Waals surface area contributed by atoms with Crippen LogP contribution in [-0.2, 0) is 38.5 Å². The molecule has 11 nitrogen and oxygen atoms in total. The standard InChI is InChI=1S/C23H15ClN2O2S.C23H18ClNO2S.C22H15ClFNO3S/c24-21-17(16-8-7-13-4-2-5-14(13)10-16)19-20(27)18(22(28)26-23(19)29-21)15-6-1-3-12(9-15)11-25;1-12-4-2-7-15(10-12)18-20(26)19-17(21(24)28-23(19)25-22(18)27)16-9-8-13-5-3-6-14(13)11-16;23-20-16(14-9-6-10-2-1-3-13(10)18(14)26)17-19(27)15(21(28)25-22(17)29-20)11-4-7-12(24)8-5-11/h1,3,6-10H,2,4-5H2,(H2,26,27,28);2,4,7-11H,3,5-6H2,1H3,(H2,25,26,27);4-9,26H,1-3H2,(H2,25,27,28). The molecule has 0 radical (unpaired) electrons. The van der Waals surface area contributed by atoms with Crippen LogP contribution in [0, 0.1) is 24.1 Å². The fraction of sp³-hybridized carbons (Fsp3) is 0.147. The number of thiophene rings is 3. The van der Waals surface area contributed by atoms with E-state index in [9.17, 15) is 44.5 Å². The van der Waals surface area contributed by atoms with E-state index in [1.165, 1.54) is 75.6 Å². The number of halogens is 4. The highest BCUT2D eigenvalue weighted by atomic mass is 35.5. The lowest BCUT2D eigenvalue weighted by Crippen LogP contribution is -2.08. The number of phenols is 1. The van der Waals surface area contributed by atoms with Crippen LogP contribution in [0.1, 0.15) is 63.8 Å². The first-order valence-corrected chi connectivity index (χ1v) is 31.3. The van der Waals surface area contributed by atoms with Crippen molar-refractivity contribution in [3.8, 4) is 95.8 Å². The first-order valence-electron chi connectivity index (χ1n) is 27.7. The maximum atomic E-state index is 13.3. The average Bonchev–Trinajstić information content (AvgIpc) is 1.80. The summed E-state index contributed by atoms with van der Waals surface area (Å²) in [5, 5.41) is 54.9. The first-order chi connectivity index (χ1) is 41.5. The van der Waals surface area contributed by atoms with Gasteiger partial charge in [-0.2, -0.15) is 5.26 Å². The summed E-state index contributed by atoms with van der Waals surface area (Å²) in [5.41, 5.74) is 14.1. The van der Waals surface area contributed by atoms with Crippen molar-refractivity contribution in [2.24, 2.45) is 0 Å². The molecule has 18 heteroatoms. The minimum atomic E-state index is -0.496. The maximum Gasteiger partial charge on any atom is 0.260 e. The number of H-pyrrole nitrogens is 3. The van der Waals surface area contributed by atoms with Crippen LogP contribution in [0.15, 0.2) is 136 Å². The Morgan fingerprint density at radius 1 is 0.453 bits per heavy atom. The molecule has 12 aromatic rings. The predicted octanol–water partition coefficient (Wildman–Crippen LogP) is 17.3. The zero-order valence-corrected chi connectivity index (χ0v) is 50.3. The third-order valence-corrected chi connectivity index (χ3v) is 20.3. The van der Waals surface area contributed by atoms with E-state index in [2.05, 4.69) is 51.4 Å². The Kier molecular flexibility index (Phi) is 15.0. The second-order valence-electron chi connectivity index (χ2n) is 21.6. The van der Waals surface area contributed by atoms with E-state index in [1.54, 1.807) is 30.3 Å². The molecule has 428 valence electrons. The number of hydrogen-bond donors (Lipinski definition) is 7. The lowest BCUT2D eigenvalue weighted by Gasteiger charge is -2.11. The molecule has 15 rings (SSSR count). The van der Waals surface area contributed by atoms with Crippen molar-refractivity contribution in [3.63, 3.8) is 0 Å². The number of aryl methyl sites for hydroxylation is 6. The summed E-state index contributed by atoms with van der Waals surface area (Å²) in [6.45, 7) is 1.96. The summed E-state index contributed by atoms with van der Waals surface area (Å²) < 4.78 is 14.8. The van der Waals surface area contributed by atoms with E-state index in [0.29, 0.717) is 77.0 Å². The highest BCUT2D eigenvalue weighted by molar-refractivity contribution is 7.24. The van der Waals surface area contributed by atoms with Gasteiger partial charge in [-0.25, -0.2) is 4.39 Å². The highest BCUT2D eigenvalue weighted by Crippen LogP contribution is 2.52. The van der Waals surface area contributed by atoms with E-state index in [4.69, 9.17) is 34.8 Å². The van der Waals surface area contributed by atoms with Crippen LogP contribution in [0.5, 0.6) is 23.0 Å². The number of fused-ring (bicyclic) bond motifs is 6. The topological polar surface area (TPSA) is 203 Å². The van der Waals surface area contributed by atoms with Gasteiger partial charge in [0.2, 0.25) is 0 Å². The minimum Gasteiger partial charge on any atom is -0.507 e. The van der Waals surface area contributed by atoms with Crippen molar-refractivity contribution < 1.29 is 24.8 Å². The quantitative estimate of drug-likeness (QED) is 0.0851. The van der Waals surface area contributed by atoms with Crippen LogP contribution < -0.4 is 16.7 Å². The van der Waals surface area contributed by atoms with Gasteiger partial charge in [0.15, 0.2) is 0 Å². The Hall–Kier alpha value is -8.46. The molecule has 0 fully saturated rings. The van der Waals surface area contributed by atoms with Crippen molar-refractivity contribution in [2.45, 2.75) is 64.7 Å². The van der Waals surface area contributed by atoms with Gasteiger partial charge >= 0.3 is 0 Å². The monoisotopic (exact) mass is 1250 g/mol. The Morgan fingerprint density at radius 3 is 1.40 bits per heavy atom. The van der Waals surface area contributed by atoms with Crippen LogP contribution in [0.4, 0.5) is 4.39 Å². The molecule has 0 atom stereocenters. The van der Waals surface area contributed by atoms with Gasteiger partial charge in [-0.05, 0) is 150 Å². The molecule has 0 saturated carbocycles. The second kappa shape index (κ2) is 22.8. The van der Waals surface area contributed by atoms with Gasteiger partial charge < -0.3 is 35.4 Å². The summed E-state index contributed by atoms with van der Waals surface area (Å²) in [6, 6.07) is 38.1. The number of phenolic OH excluding ortho intramolecular Hbond substituents is 1. The van der Waals surface area contributed by atoms with Crippen molar-refractivity contribution in [1.82, 2.24) is 15.0 Å². The number of hydrogen-bond acceptors (Lipinski definition) is 11. The SMILES string of the molecule is Cc1cccc(-c2c(O)c3c(-c4ccc5c(c4)CCC5)c(Cl)sc3[nH]c2=O)c1.N#Cc1cccc(-c2c(O)c3c(-c4ccc5c(c4)CCC5)c(Cl)sc3[nH]c2=O)c1.O=c1[nH]c2sc(Cl)c(-c3ccc4c(c3O)CCC4)c2c(O)c1-c1ccc(F)cc1. The Labute approximate surface area is 517 Å². The van der Waals surface area contributed by atoms with E-state index < -0.39 is 16.9 Å². The lowest BCUT2D eigenvalue weighted by molar-refractivity contribution is 0.471. The van der Waals surface area contributed by atoms with Crippen LogP contribution in [0.2, 0.25) is 13.0 Å². The van der Waals surface area contributed by atoms with Crippen LogP contribution in [0.25, 0.3) is 97.4 Å². The summed E-state index contributed by atoms with van der Waals surface area (Å²) in [4.78, 5) is 48.2. The zero-order valence-electron chi connectivity index (χ0n) is 45.6. The number of rotatable bonds is 6. The predicted molar refractivity (Wildman–Crippen MR) is 347 cm³/mol. The summed E-state index contributed by atoms with van der Waals surface area (Å²) in [7, 11) is 0. The largest absolute Gasteiger partial charge is 0.507 e. The smallest absolute Gasteiger partial charge is 0.260 e. The number of pyridine rings is 3. The molecule has 86 heavy (non-hydrogen) atoms. The van der Waals surface area contributed by atoms with Crippen molar-refractivity contribution in [2.75, 3.05) is 0 Å². The fourth-order valence-electron chi connectivity index (χ4n) is 12.4. The Bertz CT molecular complexity index is 5030. The van der Waals surface area contributed by atoms with Crippen LogP contribution >= 0.6 is 68.8 Å². The van der Waals surface area contributed by atoms with Gasteiger partial charge in [0.05, 0.1) is 44.5 Å². The molecule has 3 aliphatic rings. The van der Waals surface area contributed by atoms with Gasteiger partial charge in [-0.1, -0.05) is 137 Å². The van der Waals surface area contributed by atoms with E-state index in [0.717, 1.165) is 102 Å². The van der Waals surface area contributed by atoms with Gasteiger partial charge in [-0.15, -0.1) is 34.0 Å². The number of nitrogens with one attached hydrogen (secondary N) is 3. The molecule has 6 aromatic heterocycles. The van der Waals surface area contributed by atoms with Crippen LogP contribution in [0.3, 0.4) is 0 Å². The number of aromatic amines is 3. The molecule has 0 aliphatic heterocycles. The van der Waals surface area contributed by atoms with E-state index in [-0.39, 0.29) is 45.2 Å². The molecule has 0 amide bonds. The number of nitrogens with zero attached hydrogens (tertiary/aromatic N) is 1. The number of aromatic hydroxyl groups is 4. The second-order valence-corrected chi connectivity index (χ2v) is 26.5. The van der Waals surface area contributed by atoms with Crippen molar-refractivity contribution >= 4 is 99.5 Å². The molecule has 6 aromatic carbocycles. The molecule has 3 aliphatic carbocycles. The lowest BCUT2D eigenvalue weighted by atomic mass is 9.97. The highest BCUT2D eigenvalue weighted by Gasteiger charge is 2.28. The maximum absolute atomic E-state index is 13.3. The minimum absolute atomic E-state index is 0.0111. The number of aromatic nitrogens is 3. The zero-order chi connectivity index (χ0) is 59.8. The molecule has 7 N–H and O–H groups in total. The fourth-order valence-corrected chi connectivity index (χ4v) is 16.5. The van der Waals surface area contributed by atoms with Crippen molar-refractivity contribution in [1.29, 1.82) is 5.26 Å². The Balaban J connectivity index is 0.000000120. The molecule has 0 bridgehead atoms. The van der Waals surface area contributed by atoms with Crippen molar-refractivity contribution in [3.05, 3.63) is 216 Å². The van der Waals surface area contributed by atoms with Gasteiger partial charge in [-0.3, -0.25) is 14.4 Å². The van der Waals surface area contributed by atoms with Crippen LogP contribution in [-0.4, -0.2) is 35.4 Å². The molecular weight excluding hydrogens is 1210 g/mol. The Morgan fingerprint density at radius 2 is 0.872 bits per heavy atom. The third kappa shape index (κ3) is 10.0. The van der Waals surface area contributed by atoms with E-state index in [1.807, 2.05) is 43.3 Å². The van der Waals surface area contributed by atoms with Gasteiger partial charge in [0.25, 0.3) is 16.7 Å². The first kappa shape index (κ1) is 56.7. The molecule has 0 unspecified atom stereocenters. The van der Waals surface area contributed by atoms with Gasteiger partial charge in [0.1, 0.15) is 56.3 Å². The summed E-state index contributed by atoms with van der Waals surface area (Å²) in [6.07, 6.45) is 9.33. The molecular formula is C68H48Cl3FN4O7S3. The van der Waals surface area contributed by atoms with Gasteiger partial charge in [0, 0.05) is 22.3 Å². The number of nitriles is 1. The summed E-state index contributed by atoms with van der Waals surface area (Å²) in [5.74, 6) is -0.641. The molecule has 0 spiro atoms. The normalized spacial score (nSPS) is 13.1. The molecule has 0 saturated heterocycles. The van der Waals surface area contributed by atoms with E-state index >= 15 is 0 Å². The average molecular weight is 1250 g/mol. The number of benzene rings is 6. The molecule has 6 heterocycles. The third-order valence-electron chi connectivity index (χ3n) is 16.4. The summed E-state index contributed by atoms with van der Waals surface area (Å²) >= 11 is 23.3.